The molecule has 4 aromatic carbocycles. The summed E-state index contributed by atoms with van der Waals surface area (Å²) in [6, 6.07) is 27.8. The first-order valence-electron chi connectivity index (χ1n) is 19.9. The number of fused-ring (bicyclic) bond motifs is 2. The second-order valence-electron chi connectivity index (χ2n) is 15.7. The van der Waals surface area contributed by atoms with E-state index in [0.29, 0.717) is 0 Å². The van der Waals surface area contributed by atoms with E-state index < -0.39 is 18.9 Å². The van der Waals surface area contributed by atoms with E-state index in [1.165, 1.54) is 139 Å². The summed E-state index contributed by atoms with van der Waals surface area (Å²) >= 11 is -1.85. The number of halogens is 2. The Morgan fingerprint density at radius 2 is 0.750 bits per heavy atom. The van der Waals surface area contributed by atoms with Crippen molar-refractivity contribution in [3.63, 3.8) is 0 Å². The smallest absolute Gasteiger partial charge is 0.0430 e. The van der Waals surface area contributed by atoms with Crippen molar-refractivity contribution in [1.82, 2.24) is 0 Å². The molecule has 3 heteroatoms. The Hall–Kier alpha value is -1.01. The van der Waals surface area contributed by atoms with Crippen LogP contribution in [0.2, 0.25) is 0 Å². The standard InChI is InChI=1S/2C22H29.CH2.2ClH.Zr/c2*1-3-10-18(11-4-1)22(19-12-5-2-6-13-19)21-16-15-17-9-7-8-14-20(17)21;;;;/h2*7-9,14-16,18-19,22H,1-6,10-13H2;1H2;2*1H;/q2*-1;;;;+2/p-2. The SMILES string of the molecule is [CH2]=[Zr]([Cl])[Cl].c1ccc2c(C(C3CCCCC3)C3CCCCC3)c[cH-]c2c1.c1ccc2c(C(C3CCCCC3)C3CCCCC3)c[cH-]c2c1. The zero-order valence-electron chi connectivity index (χ0n) is 29.5. The third-order valence-corrected chi connectivity index (χ3v) is 12.8. The average Bonchev–Trinajstić information content (AvgIpc) is 3.76. The molecule has 0 aliphatic heterocycles. The molecule has 8 rings (SSSR count). The minimum Gasteiger partial charge on any atom is -0.150 e. The van der Waals surface area contributed by atoms with E-state index >= 15 is 0 Å². The second kappa shape index (κ2) is 19.0. The molecule has 0 bridgehead atoms. The predicted molar refractivity (Wildman–Crippen MR) is 210 cm³/mol. The third kappa shape index (κ3) is 9.65. The van der Waals surface area contributed by atoms with E-state index in [-0.39, 0.29) is 0 Å². The van der Waals surface area contributed by atoms with Gasteiger partial charge in [0.05, 0.1) is 0 Å². The molecule has 0 aromatic heterocycles. The van der Waals surface area contributed by atoms with Gasteiger partial charge in [0, 0.05) is 0 Å². The van der Waals surface area contributed by atoms with Gasteiger partial charge >= 0.3 is 40.1 Å². The summed E-state index contributed by atoms with van der Waals surface area (Å²) in [6.07, 6.45) is 29.4. The van der Waals surface area contributed by atoms with Gasteiger partial charge in [-0.3, -0.25) is 0 Å². The molecule has 4 fully saturated rings. The normalized spacial score (nSPS) is 20.4. The molecule has 0 radical (unpaired) electrons. The molecule has 0 saturated heterocycles. The Balaban J connectivity index is 0.000000151. The zero-order chi connectivity index (χ0) is 33.1. The van der Waals surface area contributed by atoms with Gasteiger partial charge in [0.25, 0.3) is 0 Å². The summed E-state index contributed by atoms with van der Waals surface area (Å²) in [5.41, 5.74) is 3.38. The molecular weight excluding hydrogens is 703 g/mol. The molecule has 4 aliphatic rings. The fourth-order valence-corrected chi connectivity index (χ4v) is 10.7. The van der Waals surface area contributed by atoms with Crippen molar-refractivity contribution >= 4 is 42.8 Å². The molecule has 0 N–H and O–H groups in total. The Kier molecular flexibility index (Phi) is 14.6. The van der Waals surface area contributed by atoms with Crippen LogP contribution < -0.4 is 0 Å². The first kappa shape index (κ1) is 36.8. The van der Waals surface area contributed by atoms with Gasteiger partial charge in [-0.15, -0.1) is 93.3 Å². The summed E-state index contributed by atoms with van der Waals surface area (Å²) in [4.78, 5) is 0. The van der Waals surface area contributed by atoms with Crippen molar-refractivity contribution in [1.29, 1.82) is 0 Å². The van der Waals surface area contributed by atoms with Crippen molar-refractivity contribution in [2.75, 3.05) is 0 Å². The first-order valence-corrected chi connectivity index (χ1v) is 28.0. The minimum absolute atomic E-state index is 0.834. The third-order valence-electron chi connectivity index (χ3n) is 12.8. The number of rotatable bonds is 6. The average molecular weight is 763 g/mol. The first-order chi connectivity index (χ1) is 23.6. The van der Waals surface area contributed by atoms with Gasteiger partial charge < -0.3 is 0 Å². The largest absolute Gasteiger partial charge is 0.150 e. The Morgan fingerprint density at radius 1 is 0.479 bits per heavy atom. The predicted octanol–water partition coefficient (Wildman–Crippen LogP) is 14.9. The van der Waals surface area contributed by atoms with E-state index in [1.54, 1.807) is 21.9 Å². The van der Waals surface area contributed by atoms with Crippen LogP contribution in [0.15, 0.2) is 72.8 Å². The number of hydrogen-bond donors (Lipinski definition) is 0. The van der Waals surface area contributed by atoms with Crippen LogP contribution >= 0.6 is 17.0 Å². The van der Waals surface area contributed by atoms with Crippen LogP contribution in [0.4, 0.5) is 0 Å². The molecule has 0 amide bonds. The molecule has 0 atom stereocenters. The summed E-state index contributed by atoms with van der Waals surface area (Å²) in [6.45, 7) is 0. The molecule has 0 spiro atoms. The van der Waals surface area contributed by atoms with Crippen molar-refractivity contribution in [2.24, 2.45) is 23.7 Å². The number of hydrogen-bond acceptors (Lipinski definition) is 0. The Labute approximate surface area is 307 Å². The second-order valence-corrected chi connectivity index (χ2v) is 23.9. The summed E-state index contributed by atoms with van der Waals surface area (Å²) in [7, 11) is 10.3. The molecule has 48 heavy (non-hydrogen) atoms. The van der Waals surface area contributed by atoms with E-state index in [2.05, 4.69) is 77.0 Å². The van der Waals surface area contributed by atoms with Crippen LogP contribution in [0, 0.1) is 23.7 Å². The molecule has 4 aliphatic carbocycles. The monoisotopic (exact) mass is 760 g/mol. The summed E-state index contributed by atoms with van der Waals surface area (Å²) < 4.78 is 3.37. The van der Waals surface area contributed by atoms with E-state index in [0.717, 1.165) is 35.5 Å². The van der Waals surface area contributed by atoms with Gasteiger partial charge in [-0.05, 0) is 23.7 Å². The van der Waals surface area contributed by atoms with Crippen molar-refractivity contribution < 1.29 is 18.9 Å². The molecule has 4 saturated carbocycles. The molecule has 0 nitrogen and oxygen atoms in total. The van der Waals surface area contributed by atoms with Gasteiger partial charge in [-0.25, -0.2) is 0 Å². The maximum Gasteiger partial charge on any atom is -0.0430 e. The van der Waals surface area contributed by atoms with Crippen LogP contribution in [-0.4, -0.2) is 4.21 Å². The van der Waals surface area contributed by atoms with Crippen LogP contribution in [0.1, 0.15) is 151 Å². The molecule has 4 aromatic rings. The van der Waals surface area contributed by atoms with Crippen LogP contribution in [-0.2, 0) is 18.9 Å². The summed E-state index contributed by atoms with van der Waals surface area (Å²) in [5, 5.41) is 6.00. The molecule has 0 unspecified atom stereocenters. The Bertz CT molecular complexity index is 1370. The number of benzene rings is 2. The van der Waals surface area contributed by atoms with Crippen molar-refractivity contribution in [2.45, 2.75) is 140 Å². The maximum absolute atomic E-state index is 5.13. The molecule has 260 valence electrons. The van der Waals surface area contributed by atoms with E-state index in [4.69, 9.17) is 17.0 Å². The van der Waals surface area contributed by atoms with Gasteiger partial charge in [-0.1, -0.05) is 152 Å². The van der Waals surface area contributed by atoms with Gasteiger partial charge in [0.15, 0.2) is 0 Å². The molecule has 0 heterocycles. The van der Waals surface area contributed by atoms with Crippen LogP contribution in [0.25, 0.3) is 21.5 Å². The van der Waals surface area contributed by atoms with Gasteiger partial charge in [0.2, 0.25) is 0 Å². The van der Waals surface area contributed by atoms with Crippen LogP contribution in [0.5, 0.6) is 0 Å². The topological polar surface area (TPSA) is 0 Å². The molecular formula is C45H60Cl2Zr-2. The van der Waals surface area contributed by atoms with Crippen molar-refractivity contribution in [3.05, 3.63) is 83.9 Å². The Morgan fingerprint density at radius 3 is 1.04 bits per heavy atom. The van der Waals surface area contributed by atoms with Crippen LogP contribution in [0.3, 0.4) is 0 Å². The van der Waals surface area contributed by atoms with Gasteiger partial charge in [-0.2, -0.15) is 0 Å². The van der Waals surface area contributed by atoms with E-state index in [1.807, 2.05) is 0 Å². The zero-order valence-corrected chi connectivity index (χ0v) is 33.5. The summed E-state index contributed by atoms with van der Waals surface area (Å²) in [5.74, 6) is 5.46. The maximum atomic E-state index is 5.13. The fraction of sp³-hybridized carbons (Fsp3) is 0.578. The fourth-order valence-electron chi connectivity index (χ4n) is 10.7. The van der Waals surface area contributed by atoms with Crippen molar-refractivity contribution in [3.8, 4) is 0 Å². The quantitative estimate of drug-likeness (QED) is 0.172. The van der Waals surface area contributed by atoms with E-state index in [9.17, 15) is 0 Å². The minimum atomic E-state index is -1.85. The van der Waals surface area contributed by atoms with Gasteiger partial charge in [0.1, 0.15) is 0 Å².